The number of piperidine rings is 1. The Hall–Kier alpha value is -1.90. The van der Waals surface area contributed by atoms with E-state index in [-0.39, 0.29) is 11.7 Å². The Morgan fingerprint density at radius 3 is 2.50 bits per heavy atom. The van der Waals surface area contributed by atoms with Crippen molar-refractivity contribution in [3.8, 4) is 5.75 Å². The molecule has 2 aromatic rings. The number of aromatic nitrogens is 1. The van der Waals surface area contributed by atoms with Crippen LogP contribution in [0.4, 0.5) is 17.6 Å². The topological polar surface area (TPSA) is 34.6 Å². The van der Waals surface area contributed by atoms with Crippen molar-refractivity contribution in [1.82, 2.24) is 9.88 Å². The van der Waals surface area contributed by atoms with Crippen molar-refractivity contribution in [1.29, 1.82) is 0 Å². The summed E-state index contributed by atoms with van der Waals surface area (Å²) >= 11 is 5.87. The molecule has 1 aromatic carbocycles. The summed E-state index contributed by atoms with van der Waals surface area (Å²) in [4.78, 5) is 6.33. The zero-order valence-corrected chi connectivity index (χ0v) is 15.8. The van der Waals surface area contributed by atoms with E-state index in [0.29, 0.717) is 10.7 Å². The highest BCUT2D eigenvalue weighted by Crippen LogP contribution is 2.34. The van der Waals surface area contributed by atoms with Gasteiger partial charge in [0.2, 0.25) is 0 Å². The van der Waals surface area contributed by atoms with E-state index in [0.717, 1.165) is 44.1 Å². The average molecular weight is 419 g/mol. The van der Waals surface area contributed by atoms with E-state index in [2.05, 4.69) is 14.6 Å². The van der Waals surface area contributed by atoms with Gasteiger partial charge in [0.05, 0.1) is 16.8 Å². The standard InChI is InChI=1S/C19H19ClF4N2O2/c1-26-8-6-13(7-9-26)27-18(17-5-2-12(20)11-25-17)15-10-14(3-4-16(15)21)28-19(22,23)24/h2-5,10-11,13,18H,6-9H2,1H3. The van der Waals surface area contributed by atoms with Crippen LogP contribution in [-0.2, 0) is 4.74 Å². The van der Waals surface area contributed by atoms with E-state index in [1.165, 1.54) is 6.20 Å². The number of ether oxygens (including phenoxy) is 2. The number of hydrogen-bond donors (Lipinski definition) is 0. The van der Waals surface area contributed by atoms with Gasteiger partial charge in [-0.05, 0) is 50.2 Å². The normalized spacial score (nSPS) is 17.5. The molecule has 0 bridgehead atoms. The molecule has 0 aliphatic carbocycles. The molecule has 28 heavy (non-hydrogen) atoms. The molecule has 1 atom stereocenters. The number of likely N-dealkylation sites (tertiary alicyclic amines) is 1. The van der Waals surface area contributed by atoms with E-state index in [1.54, 1.807) is 12.1 Å². The van der Waals surface area contributed by atoms with Gasteiger partial charge in [0.1, 0.15) is 17.7 Å². The number of rotatable bonds is 5. The zero-order valence-electron chi connectivity index (χ0n) is 15.0. The van der Waals surface area contributed by atoms with Crippen LogP contribution >= 0.6 is 11.6 Å². The molecule has 152 valence electrons. The molecule has 0 saturated carbocycles. The number of alkyl halides is 3. The lowest BCUT2D eigenvalue weighted by Crippen LogP contribution is -2.35. The van der Waals surface area contributed by atoms with Crippen LogP contribution in [0, 0.1) is 5.82 Å². The lowest BCUT2D eigenvalue weighted by molar-refractivity contribution is -0.274. The third-order valence-corrected chi connectivity index (χ3v) is 4.72. The minimum Gasteiger partial charge on any atom is -0.406 e. The van der Waals surface area contributed by atoms with Gasteiger partial charge in [0, 0.05) is 24.8 Å². The number of halogens is 5. The fourth-order valence-corrected chi connectivity index (χ4v) is 3.19. The molecule has 1 aromatic heterocycles. The van der Waals surface area contributed by atoms with E-state index < -0.39 is 24.0 Å². The van der Waals surface area contributed by atoms with Crippen molar-refractivity contribution in [3.63, 3.8) is 0 Å². The van der Waals surface area contributed by atoms with Crippen LogP contribution in [0.2, 0.25) is 5.02 Å². The second-order valence-corrected chi connectivity index (χ2v) is 7.09. The molecule has 1 unspecified atom stereocenters. The van der Waals surface area contributed by atoms with E-state index in [4.69, 9.17) is 16.3 Å². The Morgan fingerprint density at radius 2 is 1.89 bits per heavy atom. The first-order chi connectivity index (χ1) is 13.2. The molecule has 0 spiro atoms. The predicted molar refractivity (Wildman–Crippen MR) is 95.8 cm³/mol. The van der Waals surface area contributed by atoms with Crippen LogP contribution in [0.25, 0.3) is 0 Å². The average Bonchev–Trinajstić information content (AvgIpc) is 2.63. The van der Waals surface area contributed by atoms with Crippen molar-refractivity contribution >= 4 is 11.6 Å². The maximum atomic E-state index is 14.6. The summed E-state index contributed by atoms with van der Waals surface area (Å²) in [6.07, 6.45) is -3.21. The second kappa shape index (κ2) is 8.63. The van der Waals surface area contributed by atoms with Gasteiger partial charge >= 0.3 is 6.36 Å². The number of pyridine rings is 1. The molecule has 0 radical (unpaired) electrons. The highest BCUT2D eigenvalue weighted by atomic mass is 35.5. The molecule has 1 aliphatic rings. The second-order valence-electron chi connectivity index (χ2n) is 6.65. The molecule has 1 aliphatic heterocycles. The summed E-state index contributed by atoms with van der Waals surface area (Å²) < 4.78 is 62.3. The minimum absolute atomic E-state index is 0.0736. The molecule has 3 rings (SSSR count). The summed E-state index contributed by atoms with van der Waals surface area (Å²) in [6, 6.07) is 5.99. The quantitative estimate of drug-likeness (QED) is 0.642. The third-order valence-electron chi connectivity index (χ3n) is 4.50. The fraction of sp³-hybridized carbons (Fsp3) is 0.421. The highest BCUT2D eigenvalue weighted by molar-refractivity contribution is 6.30. The lowest BCUT2D eigenvalue weighted by atomic mass is 10.0. The highest BCUT2D eigenvalue weighted by Gasteiger charge is 2.32. The molecule has 0 N–H and O–H groups in total. The van der Waals surface area contributed by atoms with Crippen LogP contribution < -0.4 is 4.74 Å². The Labute approximate surface area is 165 Å². The monoisotopic (exact) mass is 418 g/mol. The first-order valence-electron chi connectivity index (χ1n) is 8.72. The van der Waals surface area contributed by atoms with Gasteiger partial charge in [-0.3, -0.25) is 4.98 Å². The maximum Gasteiger partial charge on any atom is 0.573 e. The molecule has 9 heteroatoms. The van der Waals surface area contributed by atoms with Gasteiger partial charge in [0.25, 0.3) is 0 Å². The van der Waals surface area contributed by atoms with Gasteiger partial charge in [0.15, 0.2) is 0 Å². The van der Waals surface area contributed by atoms with Crippen molar-refractivity contribution in [2.45, 2.75) is 31.4 Å². The van der Waals surface area contributed by atoms with Gasteiger partial charge in [-0.25, -0.2) is 4.39 Å². The zero-order chi connectivity index (χ0) is 20.3. The lowest BCUT2D eigenvalue weighted by Gasteiger charge is -2.32. The summed E-state index contributed by atoms with van der Waals surface area (Å²) in [7, 11) is 1.99. The van der Waals surface area contributed by atoms with Crippen LogP contribution in [0.15, 0.2) is 36.5 Å². The Bertz CT molecular complexity index is 794. The van der Waals surface area contributed by atoms with E-state index in [9.17, 15) is 17.6 Å². The molecular formula is C19H19ClF4N2O2. The summed E-state index contributed by atoms with van der Waals surface area (Å²) in [5.74, 6) is -1.22. The Morgan fingerprint density at radius 1 is 1.18 bits per heavy atom. The van der Waals surface area contributed by atoms with Crippen LogP contribution in [-0.4, -0.2) is 42.5 Å². The van der Waals surface area contributed by atoms with Gasteiger partial charge in [-0.2, -0.15) is 0 Å². The van der Waals surface area contributed by atoms with Crippen molar-refractivity contribution in [2.24, 2.45) is 0 Å². The summed E-state index contributed by atoms with van der Waals surface area (Å²) in [6.45, 7) is 1.62. The summed E-state index contributed by atoms with van der Waals surface area (Å²) in [5, 5.41) is 0.386. The largest absolute Gasteiger partial charge is 0.573 e. The van der Waals surface area contributed by atoms with Gasteiger partial charge in [-0.1, -0.05) is 11.6 Å². The van der Waals surface area contributed by atoms with Crippen LogP contribution in [0.1, 0.15) is 30.2 Å². The molecule has 0 amide bonds. The molecular weight excluding hydrogens is 400 g/mol. The molecule has 2 heterocycles. The smallest absolute Gasteiger partial charge is 0.406 e. The van der Waals surface area contributed by atoms with Crippen molar-refractivity contribution in [2.75, 3.05) is 20.1 Å². The van der Waals surface area contributed by atoms with E-state index in [1.807, 2.05) is 7.05 Å². The molecule has 4 nitrogen and oxygen atoms in total. The summed E-state index contributed by atoms with van der Waals surface area (Å²) in [5.41, 5.74) is 0.280. The predicted octanol–water partition coefficient (Wildman–Crippen LogP) is 4.97. The van der Waals surface area contributed by atoms with E-state index >= 15 is 0 Å². The first-order valence-corrected chi connectivity index (χ1v) is 9.10. The maximum absolute atomic E-state index is 14.6. The number of hydrogen-bond acceptors (Lipinski definition) is 4. The fourth-order valence-electron chi connectivity index (χ4n) is 3.08. The Balaban J connectivity index is 1.93. The van der Waals surface area contributed by atoms with Crippen LogP contribution in [0.3, 0.4) is 0 Å². The molecule has 1 fully saturated rings. The van der Waals surface area contributed by atoms with Crippen LogP contribution in [0.5, 0.6) is 5.75 Å². The number of nitrogens with zero attached hydrogens (tertiary/aromatic N) is 2. The number of benzene rings is 1. The first kappa shape index (κ1) is 20.8. The van der Waals surface area contributed by atoms with Gasteiger partial charge in [-0.15, -0.1) is 13.2 Å². The minimum atomic E-state index is -4.88. The SMILES string of the molecule is CN1CCC(OC(c2ccc(Cl)cn2)c2cc(OC(F)(F)F)ccc2F)CC1. The van der Waals surface area contributed by atoms with Gasteiger partial charge < -0.3 is 14.4 Å². The van der Waals surface area contributed by atoms with Crippen molar-refractivity contribution < 1.29 is 27.0 Å². The van der Waals surface area contributed by atoms with Crippen molar-refractivity contribution in [3.05, 3.63) is 58.6 Å². The Kier molecular flexibility index (Phi) is 6.42. The third kappa shape index (κ3) is 5.56. The molecule has 1 saturated heterocycles.